The van der Waals surface area contributed by atoms with E-state index in [-0.39, 0.29) is 11.6 Å². The molecule has 6 heteroatoms. The number of nitriles is 1. The van der Waals surface area contributed by atoms with Crippen molar-refractivity contribution < 1.29 is 4.39 Å². The third kappa shape index (κ3) is 3.56. The highest BCUT2D eigenvalue weighted by Crippen LogP contribution is 2.28. The van der Waals surface area contributed by atoms with Crippen LogP contribution in [-0.4, -0.2) is 19.1 Å². The molecule has 0 amide bonds. The van der Waals surface area contributed by atoms with Crippen molar-refractivity contribution in [3.05, 3.63) is 60.1 Å². The van der Waals surface area contributed by atoms with Crippen molar-refractivity contribution in [1.82, 2.24) is 19.1 Å². The molecular weight excluding hydrogens is 377 g/mol. The first kappa shape index (κ1) is 18.8. The van der Waals surface area contributed by atoms with Gasteiger partial charge in [0.25, 0.3) is 0 Å². The van der Waals surface area contributed by atoms with Gasteiger partial charge in [0.05, 0.1) is 12.1 Å². The van der Waals surface area contributed by atoms with E-state index in [1.54, 1.807) is 12.3 Å². The Morgan fingerprint density at radius 1 is 1.10 bits per heavy atom. The van der Waals surface area contributed by atoms with Gasteiger partial charge >= 0.3 is 0 Å². The van der Waals surface area contributed by atoms with Crippen molar-refractivity contribution in [2.75, 3.05) is 0 Å². The van der Waals surface area contributed by atoms with Crippen LogP contribution in [0.3, 0.4) is 0 Å². The Balaban J connectivity index is 1.52. The fraction of sp³-hybridized carbons (Fsp3) is 0.375. The highest BCUT2D eigenvalue weighted by atomic mass is 19.1. The van der Waals surface area contributed by atoms with E-state index in [9.17, 15) is 9.65 Å². The van der Waals surface area contributed by atoms with Crippen molar-refractivity contribution in [3.63, 3.8) is 0 Å². The summed E-state index contributed by atoms with van der Waals surface area (Å²) in [5.74, 6) is 0.715. The van der Waals surface area contributed by atoms with Crippen LogP contribution in [0.25, 0.3) is 21.9 Å². The third-order valence-electron chi connectivity index (χ3n) is 6.37. The average molecular weight is 401 g/mol. The molecule has 3 heterocycles. The molecule has 5 rings (SSSR count). The molecule has 30 heavy (non-hydrogen) atoms. The molecule has 1 fully saturated rings. The molecule has 5 nitrogen and oxygen atoms in total. The number of hydrogen-bond acceptors (Lipinski definition) is 3. The lowest BCUT2D eigenvalue weighted by Crippen LogP contribution is -2.13. The van der Waals surface area contributed by atoms with E-state index in [0.29, 0.717) is 6.54 Å². The molecule has 1 aliphatic carbocycles. The van der Waals surface area contributed by atoms with E-state index in [0.717, 1.165) is 46.5 Å². The Morgan fingerprint density at radius 3 is 2.80 bits per heavy atom. The highest BCUT2D eigenvalue weighted by molar-refractivity contribution is 5.80. The van der Waals surface area contributed by atoms with Crippen LogP contribution in [0, 0.1) is 23.1 Å². The van der Waals surface area contributed by atoms with Crippen LogP contribution < -0.4 is 0 Å². The van der Waals surface area contributed by atoms with Crippen molar-refractivity contribution in [1.29, 1.82) is 5.26 Å². The van der Waals surface area contributed by atoms with Gasteiger partial charge in [-0.1, -0.05) is 32.1 Å². The van der Waals surface area contributed by atoms with Crippen LogP contribution in [0.1, 0.15) is 50.0 Å². The smallest absolute Gasteiger partial charge is 0.234 e. The fourth-order valence-electron chi connectivity index (χ4n) is 4.78. The van der Waals surface area contributed by atoms with Crippen molar-refractivity contribution in [2.45, 2.75) is 51.6 Å². The highest BCUT2D eigenvalue weighted by Gasteiger charge is 2.17. The summed E-state index contributed by atoms with van der Waals surface area (Å²) in [5.41, 5.74) is 2.80. The molecule has 4 aromatic rings. The Labute approximate surface area is 174 Å². The molecule has 1 aromatic carbocycles. The van der Waals surface area contributed by atoms with Gasteiger partial charge in [-0.05, 0) is 48.1 Å². The summed E-state index contributed by atoms with van der Waals surface area (Å²) in [6.45, 7) is 1.49. The zero-order valence-electron chi connectivity index (χ0n) is 16.9. The summed E-state index contributed by atoms with van der Waals surface area (Å²) in [7, 11) is 0. The molecule has 1 saturated carbocycles. The Hall–Kier alpha value is -3.20. The lowest BCUT2D eigenvalue weighted by atomic mass is 9.87. The molecule has 0 radical (unpaired) electrons. The van der Waals surface area contributed by atoms with Gasteiger partial charge in [-0.2, -0.15) is 5.26 Å². The topological polar surface area (TPSA) is 59.4 Å². The van der Waals surface area contributed by atoms with Crippen molar-refractivity contribution >= 4 is 21.9 Å². The molecule has 0 bridgehead atoms. The van der Waals surface area contributed by atoms with Crippen LogP contribution in [0.5, 0.6) is 0 Å². The Morgan fingerprint density at radius 2 is 1.97 bits per heavy atom. The Bertz CT molecular complexity index is 1240. The van der Waals surface area contributed by atoms with Gasteiger partial charge in [0, 0.05) is 30.0 Å². The molecule has 0 N–H and O–H groups in total. The van der Waals surface area contributed by atoms with Crippen LogP contribution in [0.2, 0.25) is 0 Å². The Kier molecular flexibility index (Phi) is 4.96. The van der Waals surface area contributed by atoms with Crippen LogP contribution in [-0.2, 0) is 13.1 Å². The van der Waals surface area contributed by atoms with E-state index < -0.39 is 0 Å². The standard InChI is InChI=1S/C24H24FN5/c25-20-7-6-18-9-10-29(22(18)13-20)16-21-12-19-15-27-23(14-26)28-24(19)30(21)11-8-17-4-2-1-3-5-17/h6-7,9-10,12-13,15,17H,1-5,8,11,16H2. The number of fused-ring (bicyclic) bond motifs is 2. The second kappa shape index (κ2) is 7.91. The maximum atomic E-state index is 13.8. The summed E-state index contributed by atoms with van der Waals surface area (Å²) in [6.07, 6.45) is 11.4. The molecule has 0 unspecified atom stereocenters. The maximum absolute atomic E-state index is 13.8. The summed E-state index contributed by atoms with van der Waals surface area (Å²) in [6, 6.07) is 11.0. The number of benzene rings is 1. The molecule has 3 aromatic heterocycles. The molecule has 152 valence electrons. The lowest BCUT2D eigenvalue weighted by Gasteiger charge is -2.22. The van der Waals surface area contributed by atoms with E-state index in [2.05, 4.69) is 31.2 Å². The number of aromatic nitrogens is 4. The monoisotopic (exact) mass is 401 g/mol. The second-order valence-corrected chi connectivity index (χ2v) is 8.31. The fourth-order valence-corrected chi connectivity index (χ4v) is 4.78. The van der Waals surface area contributed by atoms with Crippen LogP contribution >= 0.6 is 0 Å². The minimum Gasteiger partial charge on any atom is -0.341 e. The minimum absolute atomic E-state index is 0.194. The summed E-state index contributed by atoms with van der Waals surface area (Å²) >= 11 is 0. The zero-order valence-corrected chi connectivity index (χ0v) is 16.9. The number of aryl methyl sites for hydroxylation is 1. The first-order valence-electron chi connectivity index (χ1n) is 10.7. The third-order valence-corrected chi connectivity index (χ3v) is 6.37. The maximum Gasteiger partial charge on any atom is 0.234 e. The SMILES string of the molecule is N#Cc1ncc2cc(Cn3ccc4ccc(F)cc43)n(CCC3CCCCC3)c2n1. The largest absolute Gasteiger partial charge is 0.341 e. The minimum atomic E-state index is -0.232. The zero-order chi connectivity index (χ0) is 20.5. The molecule has 0 atom stereocenters. The van der Waals surface area contributed by atoms with Crippen LogP contribution in [0.4, 0.5) is 4.39 Å². The number of rotatable bonds is 5. The van der Waals surface area contributed by atoms with Crippen LogP contribution in [0.15, 0.2) is 42.7 Å². The van der Waals surface area contributed by atoms with Gasteiger partial charge < -0.3 is 9.13 Å². The van der Waals surface area contributed by atoms with E-state index >= 15 is 0 Å². The summed E-state index contributed by atoms with van der Waals surface area (Å²) in [5, 5.41) is 11.2. The number of nitrogens with zero attached hydrogens (tertiary/aromatic N) is 5. The van der Waals surface area contributed by atoms with E-state index in [4.69, 9.17) is 0 Å². The second-order valence-electron chi connectivity index (χ2n) is 8.31. The van der Waals surface area contributed by atoms with Gasteiger partial charge in [-0.15, -0.1) is 0 Å². The van der Waals surface area contributed by atoms with Gasteiger partial charge in [0.2, 0.25) is 5.82 Å². The van der Waals surface area contributed by atoms with Crippen molar-refractivity contribution in [3.8, 4) is 6.07 Å². The number of halogens is 1. The van der Waals surface area contributed by atoms with E-state index in [1.165, 1.54) is 38.2 Å². The molecule has 0 spiro atoms. The molecule has 1 aliphatic rings. The van der Waals surface area contributed by atoms with E-state index in [1.807, 2.05) is 18.3 Å². The predicted octanol–water partition coefficient (Wildman–Crippen LogP) is 5.42. The van der Waals surface area contributed by atoms with Gasteiger partial charge in [-0.3, -0.25) is 0 Å². The summed E-state index contributed by atoms with van der Waals surface area (Å²) in [4.78, 5) is 8.65. The van der Waals surface area contributed by atoms with Gasteiger partial charge in [0.15, 0.2) is 0 Å². The molecular formula is C24H24FN5. The lowest BCUT2D eigenvalue weighted by molar-refractivity contribution is 0.324. The first-order valence-corrected chi connectivity index (χ1v) is 10.7. The molecule has 0 aliphatic heterocycles. The quantitative estimate of drug-likeness (QED) is 0.449. The van der Waals surface area contributed by atoms with Crippen molar-refractivity contribution in [2.24, 2.45) is 5.92 Å². The molecule has 0 saturated heterocycles. The van der Waals surface area contributed by atoms with Gasteiger partial charge in [0.1, 0.15) is 17.5 Å². The first-order chi connectivity index (χ1) is 14.7. The predicted molar refractivity (Wildman–Crippen MR) is 114 cm³/mol. The normalized spacial score (nSPS) is 15.1. The summed E-state index contributed by atoms with van der Waals surface area (Å²) < 4.78 is 18.1. The van der Waals surface area contributed by atoms with Gasteiger partial charge in [-0.25, -0.2) is 14.4 Å². The average Bonchev–Trinajstić information content (AvgIpc) is 3.33. The number of hydrogen-bond donors (Lipinski definition) is 0.